The smallest absolute Gasteiger partial charge is 0.107 e. The van der Waals surface area contributed by atoms with Crippen molar-refractivity contribution >= 4 is 11.3 Å². The lowest BCUT2D eigenvalue weighted by Crippen LogP contribution is -2.26. The number of aromatic nitrogens is 1. The zero-order valence-corrected chi connectivity index (χ0v) is 10.4. The third-order valence-electron chi connectivity index (χ3n) is 2.35. The first-order valence-electron chi connectivity index (χ1n) is 5.29. The lowest BCUT2D eigenvalue weighted by atomic mass is 10.2. The van der Waals surface area contributed by atoms with Gasteiger partial charge in [-0.15, -0.1) is 17.8 Å². The van der Waals surface area contributed by atoms with Crippen molar-refractivity contribution in [1.82, 2.24) is 10.3 Å². The second kappa shape index (κ2) is 5.89. The minimum atomic E-state index is 0.180. The van der Waals surface area contributed by atoms with E-state index in [0.29, 0.717) is 0 Å². The average molecular weight is 222 g/mol. The Morgan fingerprint density at radius 3 is 2.73 bits per heavy atom. The van der Waals surface area contributed by atoms with Gasteiger partial charge in [-0.3, -0.25) is 5.32 Å². The lowest BCUT2D eigenvalue weighted by molar-refractivity contribution is 0.561. The summed E-state index contributed by atoms with van der Waals surface area (Å²) in [4.78, 5) is 5.76. The van der Waals surface area contributed by atoms with E-state index in [0.717, 1.165) is 30.1 Å². The van der Waals surface area contributed by atoms with Crippen LogP contribution in [0, 0.1) is 26.2 Å². The van der Waals surface area contributed by atoms with Crippen molar-refractivity contribution in [3.8, 4) is 12.3 Å². The highest BCUT2D eigenvalue weighted by Crippen LogP contribution is 2.16. The van der Waals surface area contributed by atoms with Crippen LogP contribution in [0.3, 0.4) is 0 Å². The van der Waals surface area contributed by atoms with E-state index in [1.165, 1.54) is 4.88 Å². The van der Waals surface area contributed by atoms with Gasteiger partial charge >= 0.3 is 0 Å². The Hall–Kier alpha value is -0.850. The summed E-state index contributed by atoms with van der Waals surface area (Å²) in [7, 11) is 0. The number of thiazole rings is 1. The molecule has 0 aliphatic rings. The standard InChI is InChI=1S/C12H18N2S/c1-5-7-11(6-2)13-8-12-14-9(3)10(4)15-12/h2,11,13H,5,7-8H2,1,3-4H3. The molecule has 0 fully saturated rings. The molecule has 0 amide bonds. The molecule has 1 rings (SSSR count). The Kier molecular flexibility index (Phi) is 4.80. The number of aryl methyl sites for hydroxylation is 2. The molecule has 1 atom stereocenters. The summed E-state index contributed by atoms with van der Waals surface area (Å²) in [6, 6.07) is 0.180. The van der Waals surface area contributed by atoms with Crippen LogP contribution in [0.1, 0.15) is 35.3 Å². The van der Waals surface area contributed by atoms with Crippen LogP contribution in [-0.4, -0.2) is 11.0 Å². The maximum atomic E-state index is 5.43. The Labute approximate surface area is 96.1 Å². The number of hydrogen-bond donors (Lipinski definition) is 1. The maximum absolute atomic E-state index is 5.43. The Balaban J connectivity index is 2.46. The molecule has 1 heterocycles. The van der Waals surface area contributed by atoms with E-state index in [-0.39, 0.29) is 6.04 Å². The molecule has 1 unspecified atom stereocenters. The third-order valence-corrected chi connectivity index (χ3v) is 3.42. The topological polar surface area (TPSA) is 24.9 Å². The van der Waals surface area contributed by atoms with Crippen molar-refractivity contribution in [2.24, 2.45) is 0 Å². The van der Waals surface area contributed by atoms with E-state index in [1.807, 2.05) is 6.92 Å². The van der Waals surface area contributed by atoms with E-state index in [2.05, 4.69) is 30.1 Å². The van der Waals surface area contributed by atoms with Gasteiger partial charge in [0.05, 0.1) is 11.7 Å². The molecule has 0 aromatic carbocycles. The van der Waals surface area contributed by atoms with Gasteiger partial charge in [0.15, 0.2) is 0 Å². The molecule has 0 saturated carbocycles. The minimum Gasteiger partial charge on any atom is -0.297 e. The molecule has 2 nitrogen and oxygen atoms in total. The van der Waals surface area contributed by atoms with Crippen molar-refractivity contribution < 1.29 is 0 Å². The van der Waals surface area contributed by atoms with Gasteiger partial charge in [0.2, 0.25) is 0 Å². The molecule has 1 aromatic rings. The molecule has 0 aliphatic heterocycles. The molecule has 1 N–H and O–H groups in total. The van der Waals surface area contributed by atoms with Crippen LogP contribution in [0.5, 0.6) is 0 Å². The summed E-state index contributed by atoms with van der Waals surface area (Å²) >= 11 is 1.74. The number of terminal acetylenes is 1. The van der Waals surface area contributed by atoms with Crippen molar-refractivity contribution in [3.05, 3.63) is 15.6 Å². The maximum Gasteiger partial charge on any atom is 0.107 e. The van der Waals surface area contributed by atoms with Crippen LogP contribution >= 0.6 is 11.3 Å². The molecule has 15 heavy (non-hydrogen) atoms. The summed E-state index contributed by atoms with van der Waals surface area (Å²) in [5, 5.41) is 4.47. The van der Waals surface area contributed by atoms with E-state index >= 15 is 0 Å². The van der Waals surface area contributed by atoms with E-state index in [4.69, 9.17) is 6.42 Å². The van der Waals surface area contributed by atoms with Gasteiger partial charge in [-0.05, 0) is 20.3 Å². The van der Waals surface area contributed by atoms with Crippen LogP contribution in [-0.2, 0) is 6.54 Å². The van der Waals surface area contributed by atoms with Crippen molar-refractivity contribution in [2.45, 2.75) is 46.2 Å². The predicted molar refractivity (Wildman–Crippen MR) is 66.0 cm³/mol. The molecule has 0 saturated heterocycles. The van der Waals surface area contributed by atoms with Gasteiger partial charge in [0.25, 0.3) is 0 Å². The van der Waals surface area contributed by atoms with Crippen molar-refractivity contribution in [3.63, 3.8) is 0 Å². The zero-order chi connectivity index (χ0) is 11.3. The van der Waals surface area contributed by atoms with Crippen LogP contribution in [0.4, 0.5) is 0 Å². The Morgan fingerprint density at radius 2 is 2.27 bits per heavy atom. The zero-order valence-electron chi connectivity index (χ0n) is 9.63. The number of nitrogens with zero attached hydrogens (tertiary/aromatic N) is 1. The largest absolute Gasteiger partial charge is 0.297 e. The monoisotopic (exact) mass is 222 g/mol. The Bertz CT molecular complexity index is 329. The summed E-state index contributed by atoms with van der Waals surface area (Å²) in [6.07, 6.45) is 7.57. The lowest BCUT2D eigenvalue weighted by Gasteiger charge is -2.09. The normalized spacial score (nSPS) is 12.4. The van der Waals surface area contributed by atoms with Crippen LogP contribution < -0.4 is 5.32 Å². The SMILES string of the molecule is C#CC(CCC)NCc1nc(C)c(C)s1. The molecule has 0 radical (unpaired) electrons. The molecule has 82 valence electrons. The third kappa shape index (κ3) is 3.65. The highest BCUT2D eigenvalue weighted by atomic mass is 32.1. The second-order valence-corrected chi connectivity index (χ2v) is 4.93. The fraction of sp³-hybridized carbons (Fsp3) is 0.583. The predicted octanol–water partition coefficient (Wildman–Crippen LogP) is 2.65. The number of nitrogens with one attached hydrogen (secondary N) is 1. The molecule has 0 aliphatic carbocycles. The Morgan fingerprint density at radius 1 is 1.53 bits per heavy atom. The minimum absolute atomic E-state index is 0.180. The molecular weight excluding hydrogens is 204 g/mol. The summed E-state index contributed by atoms with van der Waals surface area (Å²) in [5.41, 5.74) is 1.13. The molecule has 1 aromatic heterocycles. The van der Waals surface area contributed by atoms with E-state index in [1.54, 1.807) is 11.3 Å². The van der Waals surface area contributed by atoms with Gasteiger partial charge in [0.1, 0.15) is 5.01 Å². The second-order valence-electron chi connectivity index (χ2n) is 3.64. The van der Waals surface area contributed by atoms with Gasteiger partial charge in [-0.25, -0.2) is 4.98 Å². The highest BCUT2D eigenvalue weighted by Gasteiger charge is 2.06. The molecule has 0 bridgehead atoms. The van der Waals surface area contributed by atoms with E-state index in [9.17, 15) is 0 Å². The first kappa shape index (κ1) is 12.2. The number of rotatable bonds is 5. The first-order valence-corrected chi connectivity index (χ1v) is 6.11. The summed E-state index contributed by atoms with van der Waals surface area (Å²) < 4.78 is 0. The van der Waals surface area contributed by atoms with Gasteiger partial charge < -0.3 is 0 Å². The summed E-state index contributed by atoms with van der Waals surface area (Å²) in [5.74, 6) is 2.76. The fourth-order valence-electron chi connectivity index (χ4n) is 1.36. The molecular formula is C12H18N2S. The van der Waals surface area contributed by atoms with Crippen molar-refractivity contribution in [2.75, 3.05) is 0 Å². The van der Waals surface area contributed by atoms with Gasteiger partial charge in [0, 0.05) is 11.4 Å². The fourth-order valence-corrected chi connectivity index (χ4v) is 2.24. The van der Waals surface area contributed by atoms with Crippen LogP contribution in [0.2, 0.25) is 0 Å². The number of hydrogen-bond acceptors (Lipinski definition) is 3. The quantitative estimate of drug-likeness (QED) is 0.775. The van der Waals surface area contributed by atoms with E-state index < -0.39 is 0 Å². The summed E-state index contributed by atoms with van der Waals surface area (Å²) in [6.45, 7) is 7.07. The molecule has 0 spiro atoms. The van der Waals surface area contributed by atoms with Crippen LogP contribution in [0.15, 0.2) is 0 Å². The van der Waals surface area contributed by atoms with Gasteiger partial charge in [-0.1, -0.05) is 19.3 Å². The van der Waals surface area contributed by atoms with Crippen molar-refractivity contribution in [1.29, 1.82) is 0 Å². The highest BCUT2D eigenvalue weighted by molar-refractivity contribution is 7.11. The van der Waals surface area contributed by atoms with Crippen LogP contribution in [0.25, 0.3) is 0 Å². The average Bonchev–Trinajstić information content (AvgIpc) is 2.53. The van der Waals surface area contributed by atoms with Gasteiger partial charge in [-0.2, -0.15) is 0 Å². The molecule has 3 heteroatoms. The first-order chi connectivity index (χ1) is 7.17.